The van der Waals surface area contributed by atoms with Gasteiger partial charge in [-0.25, -0.2) is 4.39 Å². The van der Waals surface area contributed by atoms with Crippen LogP contribution in [0.1, 0.15) is 49.7 Å². The number of rotatable bonds is 6. The van der Waals surface area contributed by atoms with Crippen LogP contribution in [0.25, 0.3) is 0 Å². The van der Waals surface area contributed by atoms with E-state index in [1.54, 1.807) is 12.1 Å². The van der Waals surface area contributed by atoms with E-state index in [0.717, 1.165) is 46.2 Å². The molecule has 4 saturated carbocycles. The van der Waals surface area contributed by atoms with Crippen LogP contribution in [0.4, 0.5) is 4.39 Å². The van der Waals surface area contributed by atoms with Crippen LogP contribution >= 0.6 is 11.6 Å². The Morgan fingerprint density at radius 1 is 0.964 bits per heavy atom. The van der Waals surface area contributed by atoms with E-state index in [2.05, 4.69) is 5.32 Å². The molecule has 0 aliphatic heterocycles. The van der Waals surface area contributed by atoms with Crippen molar-refractivity contribution < 1.29 is 9.13 Å². The first-order chi connectivity index (χ1) is 13.6. The van der Waals surface area contributed by atoms with Crippen LogP contribution in [-0.2, 0) is 13.2 Å². The van der Waals surface area contributed by atoms with E-state index in [0.29, 0.717) is 12.1 Å². The first-order valence-corrected chi connectivity index (χ1v) is 10.9. The van der Waals surface area contributed by atoms with Gasteiger partial charge in [0.2, 0.25) is 0 Å². The highest BCUT2D eigenvalue weighted by Gasteiger charge is 2.50. The fourth-order valence-corrected chi connectivity index (χ4v) is 6.37. The maximum Gasteiger partial charge on any atom is 0.124 e. The third-order valence-corrected chi connectivity index (χ3v) is 7.26. The summed E-state index contributed by atoms with van der Waals surface area (Å²) >= 11 is 6.28. The molecule has 0 aromatic heterocycles. The third kappa shape index (κ3) is 3.79. The second kappa shape index (κ2) is 7.35. The molecule has 0 atom stereocenters. The fourth-order valence-electron chi connectivity index (χ4n) is 6.18. The van der Waals surface area contributed by atoms with Crippen molar-refractivity contribution in [2.24, 2.45) is 17.8 Å². The Hall–Kier alpha value is -1.58. The third-order valence-electron chi connectivity index (χ3n) is 7.02. The molecule has 0 spiro atoms. The highest BCUT2D eigenvalue weighted by atomic mass is 35.5. The Morgan fingerprint density at radius 3 is 2.25 bits per heavy atom. The molecular weight excluding hydrogens is 373 g/mol. The number of hydrogen-bond donors (Lipinski definition) is 1. The van der Waals surface area contributed by atoms with Crippen molar-refractivity contribution in [2.75, 3.05) is 0 Å². The molecule has 148 valence electrons. The highest BCUT2D eigenvalue weighted by molar-refractivity contribution is 6.30. The van der Waals surface area contributed by atoms with Crippen LogP contribution in [0.5, 0.6) is 5.75 Å². The van der Waals surface area contributed by atoms with Crippen molar-refractivity contribution >= 4 is 11.6 Å². The largest absolute Gasteiger partial charge is 0.489 e. The summed E-state index contributed by atoms with van der Waals surface area (Å²) < 4.78 is 19.2. The summed E-state index contributed by atoms with van der Waals surface area (Å²) in [6.07, 6.45) is 8.32. The van der Waals surface area contributed by atoms with Crippen molar-refractivity contribution in [2.45, 2.75) is 57.2 Å². The van der Waals surface area contributed by atoms with E-state index >= 15 is 0 Å². The molecule has 2 aromatic rings. The van der Waals surface area contributed by atoms with Gasteiger partial charge in [-0.15, -0.1) is 0 Å². The Bertz CT molecular complexity index is 815. The molecule has 0 heterocycles. The van der Waals surface area contributed by atoms with E-state index in [1.807, 2.05) is 18.2 Å². The minimum atomic E-state index is -0.226. The van der Waals surface area contributed by atoms with E-state index in [1.165, 1.54) is 50.7 Å². The Balaban J connectivity index is 1.28. The second-order valence-corrected chi connectivity index (χ2v) is 9.66. The zero-order chi connectivity index (χ0) is 19.1. The van der Waals surface area contributed by atoms with Crippen LogP contribution in [-0.4, -0.2) is 5.54 Å². The SMILES string of the molecule is Fc1ccc(COc2ccc(Cl)cc2CNC23CC4CC(CC(C4)C2)C3)cc1. The summed E-state index contributed by atoms with van der Waals surface area (Å²) in [5, 5.41) is 4.66. The van der Waals surface area contributed by atoms with Gasteiger partial charge in [-0.05, 0) is 92.2 Å². The van der Waals surface area contributed by atoms with Crippen molar-refractivity contribution in [3.63, 3.8) is 0 Å². The Labute approximate surface area is 171 Å². The molecule has 0 radical (unpaired) electrons. The van der Waals surface area contributed by atoms with Crippen LogP contribution in [0.15, 0.2) is 42.5 Å². The lowest BCUT2D eigenvalue weighted by Crippen LogP contribution is -2.58. The summed E-state index contributed by atoms with van der Waals surface area (Å²) in [5.41, 5.74) is 2.37. The maximum atomic E-state index is 13.1. The predicted molar refractivity (Wildman–Crippen MR) is 110 cm³/mol. The average molecular weight is 400 g/mol. The minimum absolute atomic E-state index is 0.226. The number of ether oxygens (including phenoxy) is 1. The van der Waals surface area contributed by atoms with E-state index in [-0.39, 0.29) is 5.82 Å². The normalized spacial score (nSPS) is 30.6. The molecule has 28 heavy (non-hydrogen) atoms. The minimum Gasteiger partial charge on any atom is -0.489 e. The van der Waals surface area contributed by atoms with E-state index < -0.39 is 0 Å². The number of hydrogen-bond acceptors (Lipinski definition) is 2. The molecule has 6 rings (SSSR count). The van der Waals surface area contributed by atoms with Gasteiger partial charge < -0.3 is 10.1 Å². The summed E-state index contributed by atoms with van der Waals surface area (Å²) in [7, 11) is 0. The molecule has 0 saturated heterocycles. The molecule has 0 unspecified atom stereocenters. The lowest BCUT2D eigenvalue weighted by atomic mass is 9.53. The van der Waals surface area contributed by atoms with E-state index in [9.17, 15) is 4.39 Å². The van der Waals surface area contributed by atoms with Gasteiger partial charge in [0, 0.05) is 22.7 Å². The number of nitrogens with one attached hydrogen (secondary N) is 1. The van der Waals surface area contributed by atoms with Crippen LogP contribution in [0.2, 0.25) is 5.02 Å². The molecule has 2 nitrogen and oxygen atoms in total. The monoisotopic (exact) mass is 399 g/mol. The molecule has 4 heteroatoms. The van der Waals surface area contributed by atoms with Gasteiger partial charge in [0.1, 0.15) is 18.2 Å². The van der Waals surface area contributed by atoms with Crippen molar-refractivity contribution in [1.82, 2.24) is 5.32 Å². The van der Waals surface area contributed by atoms with Gasteiger partial charge in [-0.1, -0.05) is 23.7 Å². The molecule has 2 aromatic carbocycles. The Kier molecular flexibility index (Phi) is 4.84. The van der Waals surface area contributed by atoms with Crippen molar-refractivity contribution in [3.8, 4) is 5.75 Å². The summed E-state index contributed by atoms with van der Waals surface area (Å²) in [6.45, 7) is 1.21. The number of halogens is 2. The van der Waals surface area contributed by atoms with E-state index in [4.69, 9.17) is 16.3 Å². The van der Waals surface area contributed by atoms with Gasteiger partial charge in [0.25, 0.3) is 0 Å². The molecular formula is C24H27ClFNO. The van der Waals surface area contributed by atoms with Crippen molar-refractivity contribution in [3.05, 3.63) is 64.4 Å². The molecule has 4 fully saturated rings. The molecule has 4 aliphatic carbocycles. The molecule has 4 bridgehead atoms. The Morgan fingerprint density at radius 2 is 1.61 bits per heavy atom. The van der Waals surface area contributed by atoms with Gasteiger partial charge in [0.05, 0.1) is 0 Å². The molecule has 1 N–H and O–H groups in total. The van der Waals surface area contributed by atoms with Crippen LogP contribution in [0.3, 0.4) is 0 Å². The topological polar surface area (TPSA) is 21.3 Å². The zero-order valence-corrected chi connectivity index (χ0v) is 16.9. The van der Waals surface area contributed by atoms with Crippen LogP contribution in [0, 0.1) is 23.6 Å². The maximum absolute atomic E-state index is 13.1. The van der Waals surface area contributed by atoms with Gasteiger partial charge in [-0.3, -0.25) is 0 Å². The van der Waals surface area contributed by atoms with Crippen molar-refractivity contribution in [1.29, 1.82) is 0 Å². The summed E-state index contributed by atoms with van der Waals surface area (Å²) in [6, 6.07) is 12.3. The first-order valence-electron chi connectivity index (χ1n) is 10.5. The van der Waals surface area contributed by atoms with Gasteiger partial charge in [-0.2, -0.15) is 0 Å². The van der Waals surface area contributed by atoms with Gasteiger partial charge >= 0.3 is 0 Å². The molecule has 4 aliphatic rings. The summed E-state index contributed by atoms with van der Waals surface area (Å²) in [4.78, 5) is 0. The van der Waals surface area contributed by atoms with Gasteiger partial charge in [0.15, 0.2) is 0 Å². The lowest BCUT2D eigenvalue weighted by Gasteiger charge is -2.57. The second-order valence-electron chi connectivity index (χ2n) is 9.22. The smallest absolute Gasteiger partial charge is 0.124 e. The highest BCUT2D eigenvalue weighted by Crippen LogP contribution is 2.55. The fraction of sp³-hybridized carbons (Fsp3) is 0.500. The quantitative estimate of drug-likeness (QED) is 0.632. The predicted octanol–water partition coefficient (Wildman–Crippen LogP) is 6.12. The number of benzene rings is 2. The van der Waals surface area contributed by atoms with Crippen LogP contribution < -0.4 is 10.1 Å². The lowest BCUT2D eigenvalue weighted by molar-refractivity contribution is -0.0206. The average Bonchev–Trinajstić information content (AvgIpc) is 2.66. The first kappa shape index (κ1) is 18.4. The standard InChI is InChI=1S/C24H27ClFNO/c25-21-3-6-23(28-15-16-1-4-22(26)5-2-16)20(10-21)14-27-24-11-17-7-18(12-24)9-19(8-17)13-24/h1-6,10,17-19,27H,7-9,11-15H2. The summed E-state index contributed by atoms with van der Waals surface area (Å²) in [5.74, 6) is 3.40. The zero-order valence-electron chi connectivity index (χ0n) is 16.1. The molecule has 0 amide bonds.